The number of benzene rings is 1. The van der Waals surface area contributed by atoms with Gasteiger partial charge in [-0.25, -0.2) is 9.59 Å². The lowest BCUT2D eigenvalue weighted by Gasteiger charge is -2.06. The van der Waals surface area contributed by atoms with Crippen molar-refractivity contribution in [3.05, 3.63) is 64.6 Å². The maximum atomic E-state index is 12.0. The molecule has 0 aliphatic heterocycles. The van der Waals surface area contributed by atoms with Crippen LogP contribution in [0.3, 0.4) is 0 Å². The number of amides is 2. The van der Waals surface area contributed by atoms with Crippen LogP contribution in [0.4, 0.5) is 9.80 Å². The molecule has 3 N–H and O–H groups in total. The number of urea groups is 1. The fourth-order valence-electron chi connectivity index (χ4n) is 2.11. The molecule has 27 heavy (non-hydrogen) atoms. The lowest BCUT2D eigenvalue weighted by Crippen LogP contribution is -2.28. The Morgan fingerprint density at radius 2 is 2.04 bits per heavy atom. The summed E-state index contributed by atoms with van der Waals surface area (Å²) in [6, 6.07) is 10.2. The number of hydrogen-bond donors (Lipinski definition) is 3. The number of hydrogen-bond acceptors (Lipinski definition) is 6. The van der Waals surface area contributed by atoms with E-state index in [0.717, 1.165) is 17.1 Å². The van der Waals surface area contributed by atoms with Gasteiger partial charge in [0.1, 0.15) is 21.4 Å². The monoisotopic (exact) mass is 423 g/mol. The minimum Gasteiger partial charge on any atom is -0.477 e. The maximum absolute atomic E-state index is 12.0. The van der Waals surface area contributed by atoms with Crippen molar-refractivity contribution in [2.45, 2.75) is 17.3 Å². The van der Waals surface area contributed by atoms with Gasteiger partial charge >= 0.3 is 12.0 Å². The molecule has 0 fully saturated rings. The highest BCUT2D eigenvalue weighted by Crippen LogP contribution is 2.33. The van der Waals surface area contributed by atoms with Crippen molar-refractivity contribution in [1.29, 1.82) is 0 Å². The van der Waals surface area contributed by atoms with E-state index >= 15 is 0 Å². The Kier molecular flexibility index (Phi) is 6.38. The number of thioether (sulfide) groups is 1. The van der Waals surface area contributed by atoms with Crippen LogP contribution in [0.15, 0.2) is 52.1 Å². The molecule has 0 atom stereocenters. The molecule has 10 heteroatoms. The van der Waals surface area contributed by atoms with Crippen LogP contribution in [0, 0.1) is 0 Å². The summed E-state index contributed by atoms with van der Waals surface area (Å²) >= 11 is 8.07. The van der Waals surface area contributed by atoms with Crippen LogP contribution in [0.1, 0.15) is 21.7 Å². The van der Waals surface area contributed by atoms with Gasteiger partial charge in [-0.1, -0.05) is 35.5 Å². The highest BCUT2D eigenvalue weighted by Gasteiger charge is 2.22. The highest BCUT2D eigenvalue weighted by molar-refractivity contribution is 7.98. The van der Waals surface area contributed by atoms with Crippen LogP contribution in [-0.2, 0) is 12.3 Å². The van der Waals surface area contributed by atoms with Gasteiger partial charge in [-0.3, -0.25) is 5.32 Å². The van der Waals surface area contributed by atoms with Gasteiger partial charge < -0.3 is 14.8 Å². The van der Waals surface area contributed by atoms with Gasteiger partial charge in [-0.2, -0.15) is 4.37 Å². The summed E-state index contributed by atoms with van der Waals surface area (Å²) < 4.78 is 9.29. The summed E-state index contributed by atoms with van der Waals surface area (Å²) in [5.41, 5.74) is 0.964. The zero-order valence-corrected chi connectivity index (χ0v) is 16.2. The molecule has 3 rings (SSSR count). The van der Waals surface area contributed by atoms with E-state index in [4.69, 9.17) is 16.0 Å². The third-order valence-corrected chi connectivity index (χ3v) is 5.57. The first-order valence-corrected chi connectivity index (χ1v) is 9.84. The zero-order chi connectivity index (χ0) is 19.2. The highest BCUT2D eigenvalue weighted by atomic mass is 35.5. The van der Waals surface area contributed by atoms with Crippen LogP contribution < -0.4 is 10.6 Å². The van der Waals surface area contributed by atoms with Gasteiger partial charge in [0.15, 0.2) is 0 Å². The molecule has 2 aromatic heterocycles. The van der Waals surface area contributed by atoms with E-state index in [0.29, 0.717) is 21.6 Å². The molecule has 2 amide bonds. The minimum atomic E-state index is -1.15. The fraction of sp³-hybridized carbons (Fsp3) is 0.118. The first kappa shape index (κ1) is 19.3. The second-order valence-electron chi connectivity index (χ2n) is 5.30. The molecule has 0 saturated carbocycles. The molecule has 0 aliphatic rings. The van der Waals surface area contributed by atoms with Crippen molar-refractivity contribution in [3.8, 4) is 0 Å². The number of carbonyl (C=O) groups excluding carboxylic acids is 1. The van der Waals surface area contributed by atoms with E-state index in [1.165, 1.54) is 18.0 Å². The molecular weight excluding hydrogens is 410 g/mol. The van der Waals surface area contributed by atoms with Crippen LogP contribution in [0.5, 0.6) is 0 Å². The molecule has 0 spiro atoms. The molecule has 1 aromatic carbocycles. The van der Waals surface area contributed by atoms with E-state index in [-0.39, 0.29) is 17.1 Å². The number of rotatable bonds is 7. The quantitative estimate of drug-likeness (QED) is 0.476. The van der Waals surface area contributed by atoms with E-state index in [9.17, 15) is 14.7 Å². The number of carboxylic acids is 1. The lowest BCUT2D eigenvalue weighted by molar-refractivity contribution is 0.0694. The van der Waals surface area contributed by atoms with Gasteiger partial charge in [-0.05, 0) is 41.4 Å². The number of carboxylic acid groups (broad SMARTS) is 1. The first-order chi connectivity index (χ1) is 13.0. The van der Waals surface area contributed by atoms with Crippen molar-refractivity contribution in [3.63, 3.8) is 0 Å². The minimum absolute atomic E-state index is 0.0212. The number of halogens is 1. The number of carbonyl (C=O) groups is 2. The summed E-state index contributed by atoms with van der Waals surface area (Å²) in [7, 11) is 0. The molecule has 140 valence electrons. The summed E-state index contributed by atoms with van der Waals surface area (Å²) in [6.07, 6.45) is 1.50. The van der Waals surface area contributed by atoms with E-state index in [1.54, 1.807) is 24.3 Å². The van der Waals surface area contributed by atoms with E-state index < -0.39 is 12.0 Å². The Bertz CT molecular complexity index is 926. The third kappa shape index (κ3) is 5.25. The molecule has 0 radical (unpaired) electrons. The number of aromatic nitrogens is 1. The fourth-order valence-corrected chi connectivity index (χ4v) is 4.13. The summed E-state index contributed by atoms with van der Waals surface area (Å²) in [6.45, 7) is 0.193. The van der Waals surface area contributed by atoms with Crippen LogP contribution >= 0.6 is 34.9 Å². The Morgan fingerprint density at radius 1 is 1.26 bits per heavy atom. The Hall–Kier alpha value is -2.49. The Balaban J connectivity index is 1.64. The zero-order valence-electron chi connectivity index (χ0n) is 13.8. The number of furan rings is 1. The van der Waals surface area contributed by atoms with Gasteiger partial charge in [0.05, 0.1) is 12.8 Å². The molecule has 0 aliphatic carbocycles. The van der Waals surface area contributed by atoms with Crippen molar-refractivity contribution in [2.24, 2.45) is 0 Å². The smallest absolute Gasteiger partial charge is 0.341 e. The number of anilines is 1. The largest absolute Gasteiger partial charge is 0.477 e. The summed E-state index contributed by atoms with van der Waals surface area (Å²) in [4.78, 5) is 23.6. The summed E-state index contributed by atoms with van der Waals surface area (Å²) in [5.74, 6) is -0.0264. The van der Waals surface area contributed by atoms with E-state index in [2.05, 4.69) is 15.0 Å². The van der Waals surface area contributed by atoms with Crippen LogP contribution in [0.2, 0.25) is 5.02 Å². The van der Waals surface area contributed by atoms with Crippen LogP contribution in [-0.4, -0.2) is 21.5 Å². The van der Waals surface area contributed by atoms with Crippen LogP contribution in [0.25, 0.3) is 0 Å². The van der Waals surface area contributed by atoms with Gasteiger partial charge in [0.25, 0.3) is 0 Å². The van der Waals surface area contributed by atoms with Crippen molar-refractivity contribution in [1.82, 2.24) is 9.69 Å². The molecule has 0 saturated heterocycles. The van der Waals surface area contributed by atoms with Crippen molar-refractivity contribution in [2.75, 3.05) is 5.32 Å². The Morgan fingerprint density at radius 3 is 2.70 bits per heavy atom. The lowest BCUT2D eigenvalue weighted by atomic mass is 10.2. The summed E-state index contributed by atoms with van der Waals surface area (Å²) in [5, 5.41) is 15.8. The average Bonchev–Trinajstić information content (AvgIpc) is 3.29. The molecular formula is C17H14ClN3O4S2. The van der Waals surface area contributed by atoms with Crippen molar-refractivity contribution >= 4 is 51.9 Å². The van der Waals surface area contributed by atoms with E-state index in [1.807, 2.05) is 12.1 Å². The number of nitrogens with one attached hydrogen (secondary N) is 2. The predicted octanol–water partition coefficient (Wildman–Crippen LogP) is 4.70. The number of aromatic carboxylic acids is 1. The second kappa shape index (κ2) is 8.94. The molecule has 0 unspecified atom stereocenters. The second-order valence-corrected chi connectivity index (χ2v) is 7.47. The van der Waals surface area contributed by atoms with Gasteiger partial charge in [-0.15, -0.1) is 0 Å². The SMILES string of the molecule is O=C(NCc1ccco1)Nc1snc(SCc2ccc(Cl)cc2)c1C(=O)O. The topological polar surface area (TPSA) is 104 Å². The normalized spacial score (nSPS) is 10.6. The van der Waals surface area contributed by atoms with Crippen molar-refractivity contribution < 1.29 is 19.1 Å². The predicted molar refractivity (Wildman–Crippen MR) is 105 cm³/mol. The first-order valence-electron chi connectivity index (χ1n) is 7.70. The molecule has 2 heterocycles. The molecule has 7 nitrogen and oxygen atoms in total. The van der Waals surface area contributed by atoms with Gasteiger partial charge in [0.2, 0.25) is 0 Å². The number of nitrogens with zero attached hydrogens (tertiary/aromatic N) is 1. The molecule has 3 aromatic rings. The molecule has 0 bridgehead atoms. The standard InChI is InChI=1S/C17H14ClN3O4S2/c18-11-5-3-10(4-6-11)9-26-15-13(16(22)23)14(27-21-15)20-17(24)19-8-12-2-1-7-25-12/h1-7H,8-9H2,(H,22,23)(H2,19,20,24). The Labute approximate surface area is 167 Å². The maximum Gasteiger partial charge on any atom is 0.341 e. The van der Waals surface area contributed by atoms with Gasteiger partial charge in [0, 0.05) is 10.8 Å². The average molecular weight is 424 g/mol. The third-order valence-electron chi connectivity index (χ3n) is 3.39.